The van der Waals surface area contributed by atoms with Crippen LogP contribution in [-0.2, 0) is 0 Å². The van der Waals surface area contributed by atoms with Crippen LogP contribution in [0.2, 0.25) is 0 Å². The highest BCUT2D eigenvalue weighted by Gasteiger charge is 2.44. The minimum absolute atomic E-state index is 0.000583. The molecule has 4 aromatic rings. The molecule has 0 spiro atoms. The Labute approximate surface area is 196 Å². The standard InChI is InChI=1S/C28H23NO5/c1-15(30)17-2-3-19-14-23(11-8-18(19)12-17)34-28(33)16-6-9-22(10-7-16)29-26(31)24-20-4-5-21(13-20)25(24)27(29)32/h2-3,6-12,14,20-21,31-32H,4-5,13H2,1H3. The Morgan fingerprint density at radius 2 is 1.41 bits per heavy atom. The summed E-state index contributed by atoms with van der Waals surface area (Å²) >= 11 is 0. The molecule has 2 unspecified atom stereocenters. The fourth-order valence-corrected chi connectivity index (χ4v) is 5.56. The number of carbonyl (C=O) groups excluding carboxylic acids is 2. The van der Waals surface area contributed by atoms with E-state index in [1.54, 1.807) is 42.5 Å². The van der Waals surface area contributed by atoms with Crippen molar-refractivity contribution < 1.29 is 24.5 Å². The number of aromatic nitrogens is 1. The van der Waals surface area contributed by atoms with Crippen molar-refractivity contribution in [2.45, 2.75) is 38.0 Å². The maximum atomic E-state index is 12.7. The number of hydrogen-bond donors (Lipinski definition) is 2. The average molecular weight is 453 g/mol. The van der Waals surface area contributed by atoms with Gasteiger partial charge in [0.25, 0.3) is 0 Å². The summed E-state index contributed by atoms with van der Waals surface area (Å²) in [4.78, 5) is 24.3. The van der Waals surface area contributed by atoms with Crippen molar-refractivity contribution >= 4 is 22.5 Å². The van der Waals surface area contributed by atoms with Crippen LogP contribution >= 0.6 is 0 Å². The first kappa shape index (κ1) is 20.5. The lowest BCUT2D eigenvalue weighted by atomic mass is 9.95. The fourth-order valence-electron chi connectivity index (χ4n) is 5.56. The molecule has 0 aliphatic heterocycles. The second-order valence-electron chi connectivity index (χ2n) is 9.23. The number of benzene rings is 3. The largest absolute Gasteiger partial charge is 0.494 e. The van der Waals surface area contributed by atoms with Crippen molar-refractivity contribution in [1.29, 1.82) is 0 Å². The Balaban J connectivity index is 1.24. The van der Waals surface area contributed by atoms with Gasteiger partial charge in [0, 0.05) is 16.7 Å². The number of ketones is 1. The van der Waals surface area contributed by atoms with E-state index in [0.717, 1.165) is 41.2 Å². The molecule has 1 heterocycles. The lowest BCUT2D eigenvalue weighted by Gasteiger charge is -2.11. The van der Waals surface area contributed by atoms with E-state index in [2.05, 4.69) is 0 Å². The van der Waals surface area contributed by atoms with Gasteiger partial charge in [-0.15, -0.1) is 0 Å². The number of esters is 1. The molecular weight excluding hydrogens is 430 g/mol. The first-order valence-electron chi connectivity index (χ1n) is 11.4. The quantitative estimate of drug-likeness (QED) is 0.231. The van der Waals surface area contributed by atoms with Crippen molar-refractivity contribution in [1.82, 2.24) is 4.57 Å². The molecule has 6 nitrogen and oxygen atoms in total. The summed E-state index contributed by atoms with van der Waals surface area (Å²) in [6, 6.07) is 17.3. The lowest BCUT2D eigenvalue weighted by Crippen LogP contribution is -2.08. The van der Waals surface area contributed by atoms with Crippen LogP contribution in [-0.4, -0.2) is 26.5 Å². The van der Waals surface area contributed by atoms with Crippen LogP contribution < -0.4 is 4.74 Å². The third-order valence-corrected chi connectivity index (χ3v) is 7.23. The van der Waals surface area contributed by atoms with Gasteiger partial charge in [-0.2, -0.15) is 0 Å². The zero-order valence-corrected chi connectivity index (χ0v) is 18.6. The van der Waals surface area contributed by atoms with Crippen molar-refractivity contribution in [2.75, 3.05) is 0 Å². The van der Waals surface area contributed by atoms with E-state index < -0.39 is 5.97 Å². The molecule has 3 aromatic carbocycles. The summed E-state index contributed by atoms with van der Waals surface area (Å²) in [5.74, 6) is 0.727. The third-order valence-electron chi connectivity index (χ3n) is 7.23. The van der Waals surface area contributed by atoms with Crippen LogP contribution in [0.4, 0.5) is 0 Å². The summed E-state index contributed by atoms with van der Waals surface area (Å²) in [5.41, 5.74) is 3.34. The molecule has 6 heteroatoms. The number of nitrogens with zero attached hydrogens (tertiary/aromatic N) is 1. The Kier molecular flexibility index (Phi) is 4.52. The van der Waals surface area contributed by atoms with Crippen molar-refractivity contribution in [3.05, 3.63) is 82.9 Å². The number of aromatic hydroxyl groups is 2. The van der Waals surface area contributed by atoms with Gasteiger partial charge in [-0.25, -0.2) is 4.79 Å². The molecule has 34 heavy (non-hydrogen) atoms. The highest BCUT2D eigenvalue weighted by molar-refractivity contribution is 5.99. The minimum Gasteiger partial charge on any atom is -0.494 e. The highest BCUT2D eigenvalue weighted by atomic mass is 16.5. The van der Waals surface area contributed by atoms with E-state index in [-0.39, 0.29) is 17.5 Å². The monoisotopic (exact) mass is 453 g/mol. The van der Waals surface area contributed by atoms with E-state index in [4.69, 9.17) is 4.74 Å². The van der Waals surface area contributed by atoms with E-state index in [1.165, 1.54) is 11.5 Å². The first-order valence-corrected chi connectivity index (χ1v) is 11.4. The van der Waals surface area contributed by atoms with Crippen molar-refractivity contribution in [2.24, 2.45) is 0 Å². The Hall–Kier alpha value is -4.06. The Bertz CT molecular complexity index is 1450. The van der Waals surface area contributed by atoms with E-state index in [1.807, 2.05) is 18.2 Å². The van der Waals surface area contributed by atoms with Crippen LogP contribution in [0.1, 0.15) is 69.9 Å². The zero-order valence-electron chi connectivity index (χ0n) is 18.6. The Morgan fingerprint density at radius 3 is 2.06 bits per heavy atom. The highest BCUT2D eigenvalue weighted by Crippen LogP contribution is 2.60. The molecule has 0 amide bonds. The molecule has 2 aliphatic carbocycles. The van der Waals surface area contributed by atoms with Gasteiger partial charge in [-0.3, -0.25) is 9.36 Å². The summed E-state index contributed by atoms with van der Waals surface area (Å²) < 4.78 is 7.02. The summed E-state index contributed by atoms with van der Waals surface area (Å²) in [7, 11) is 0. The molecule has 1 fully saturated rings. The van der Waals surface area contributed by atoms with Gasteiger partial charge in [0.2, 0.25) is 11.8 Å². The molecule has 2 bridgehead atoms. The number of fused-ring (bicyclic) bond motifs is 6. The first-order chi connectivity index (χ1) is 16.4. The molecule has 1 saturated carbocycles. The van der Waals surface area contributed by atoms with E-state index in [9.17, 15) is 19.8 Å². The molecule has 6 rings (SSSR count). The second kappa shape index (κ2) is 7.48. The second-order valence-corrected chi connectivity index (χ2v) is 9.23. The molecule has 2 N–H and O–H groups in total. The van der Waals surface area contributed by atoms with Crippen LogP contribution in [0.5, 0.6) is 17.5 Å². The van der Waals surface area contributed by atoms with Crippen LogP contribution in [0.25, 0.3) is 16.5 Å². The van der Waals surface area contributed by atoms with E-state index >= 15 is 0 Å². The van der Waals surface area contributed by atoms with Gasteiger partial charge in [0.15, 0.2) is 5.78 Å². The lowest BCUT2D eigenvalue weighted by molar-refractivity contribution is 0.0734. The minimum atomic E-state index is -0.507. The van der Waals surface area contributed by atoms with Gasteiger partial charge in [-0.1, -0.05) is 18.2 Å². The molecule has 0 radical (unpaired) electrons. The number of rotatable bonds is 4. The number of hydrogen-bond acceptors (Lipinski definition) is 5. The average Bonchev–Trinajstić information content (AvgIpc) is 3.52. The van der Waals surface area contributed by atoms with Crippen LogP contribution in [0, 0.1) is 0 Å². The number of Topliss-reactive ketones (excluding diaryl/α,β-unsaturated/α-hetero) is 1. The van der Waals surface area contributed by atoms with Crippen molar-refractivity contribution in [3.8, 4) is 23.2 Å². The molecule has 2 aliphatic rings. The number of carbonyl (C=O) groups is 2. The molecule has 2 atom stereocenters. The SMILES string of the molecule is CC(=O)c1ccc2cc(OC(=O)c3ccc(-n4c(O)c5c(c4O)C4CCC5C4)cc3)ccc2c1. The summed E-state index contributed by atoms with van der Waals surface area (Å²) in [6.45, 7) is 1.53. The predicted octanol–water partition coefficient (Wildman–Crippen LogP) is 5.83. The summed E-state index contributed by atoms with van der Waals surface area (Å²) in [6.07, 6.45) is 3.10. The van der Waals surface area contributed by atoms with E-state index in [0.29, 0.717) is 34.4 Å². The fraction of sp³-hybridized carbons (Fsp3) is 0.214. The van der Waals surface area contributed by atoms with Gasteiger partial charge >= 0.3 is 5.97 Å². The van der Waals surface area contributed by atoms with Crippen molar-refractivity contribution in [3.63, 3.8) is 0 Å². The number of ether oxygens (including phenoxy) is 1. The normalized spacial score (nSPS) is 18.3. The molecule has 170 valence electrons. The van der Waals surface area contributed by atoms with Gasteiger partial charge in [-0.05, 0) is 91.3 Å². The third kappa shape index (κ3) is 3.10. The van der Waals surface area contributed by atoms with Gasteiger partial charge < -0.3 is 14.9 Å². The van der Waals surface area contributed by atoms with Gasteiger partial charge in [0.05, 0.1) is 11.3 Å². The van der Waals surface area contributed by atoms with Crippen LogP contribution in [0.15, 0.2) is 60.7 Å². The maximum absolute atomic E-state index is 12.7. The maximum Gasteiger partial charge on any atom is 0.343 e. The van der Waals surface area contributed by atoms with Gasteiger partial charge in [0.1, 0.15) is 5.75 Å². The summed E-state index contributed by atoms with van der Waals surface area (Å²) in [5, 5.41) is 23.4. The molecular formula is C28H23NO5. The zero-order chi connectivity index (χ0) is 23.6. The topological polar surface area (TPSA) is 88.8 Å². The Morgan fingerprint density at radius 1 is 0.824 bits per heavy atom. The molecule has 0 saturated heterocycles. The molecule has 1 aromatic heterocycles. The van der Waals surface area contributed by atoms with Crippen LogP contribution in [0.3, 0.4) is 0 Å². The smallest absolute Gasteiger partial charge is 0.343 e. The predicted molar refractivity (Wildman–Crippen MR) is 127 cm³/mol.